The number of benzene rings is 1. The van der Waals surface area contributed by atoms with Gasteiger partial charge in [0.1, 0.15) is 0 Å². The van der Waals surface area contributed by atoms with Crippen molar-refractivity contribution in [3.63, 3.8) is 0 Å². The van der Waals surface area contributed by atoms with Crippen molar-refractivity contribution in [1.82, 2.24) is 0 Å². The number of hydrogen-bond acceptors (Lipinski definition) is 2. The highest BCUT2D eigenvalue weighted by molar-refractivity contribution is 5.18. The maximum absolute atomic E-state index is 8.72. The Morgan fingerprint density at radius 3 is 2.67 bits per heavy atom. The van der Waals surface area contributed by atoms with Crippen molar-refractivity contribution >= 4 is 0 Å². The first-order valence-electron chi connectivity index (χ1n) is 5.42. The Morgan fingerprint density at radius 1 is 1.33 bits per heavy atom. The molecule has 15 heavy (non-hydrogen) atoms. The summed E-state index contributed by atoms with van der Waals surface area (Å²) in [4.78, 5) is 0. The van der Waals surface area contributed by atoms with E-state index in [-0.39, 0.29) is 6.10 Å². The molecule has 0 saturated heterocycles. The van der Waals surface area contributed by atoms with Crippen molar-refractivity contribution in [3.05, 3.63) is 35.9 Å². The van der Waals surface area contributed by atoms with Gasteiger partial charge in [-0.3, -0.25) is 0 Å². The summed E-state index contributed by atoms with van der Waals surface area (Å²) < 4.78 is 5.69. The monoisotopic (exact) mass is 203 g/mol. The Balaban J connectivity index is 2.55. The van der Waals surface area contributed by atoms with Crippen LogP contribution >= 0.6 is 0 Å². The van der Waals surface area contributed by atoms with Crippen LogP contribution in [0.2, 0.25) is 0 Å². The maximum Gasteiger partial charge on any atom is 0.0954 e. The lowest BCUT2D eigenvalue weighted by molar-refractivity contribution is 0.0539. The third-order valence-electron chi connectivity index (χ3n) is 2.26. The van der Waals surface area contributed by atoms with E-state index in [1.54, 1.807) is 0 Å². The normalized spacial score (nSPS) is 12.0. The predicted molar refractivity (Wildman–Crippen MR) is 60.3 cm³/mol. The summed E-state index contributed by atoms with van der Waals surface area (Å²) in [5.41, 5.74) is 1.09. The number of nitrogens with zero attached hydrogens (tertiary/aromatic N) is 1. The summed E-state index contributed by atoms with van der Waals surface area (Å²) >= 11 is 0. The van der Waals surface area contributed by atoms with E-state index >= 15 is 0 Å². The Hall–Kier alpha value is -1.33. The summed E-state index contributed by atoms with van der Waals surface area (Å²) in [6.07, 6.45) is 2.53. The maximum atomic E-state index is 8.72. The molecule has 0 aliphatic carbocycles. The molecular weight excluding hydrogens is 186 g/mol. The number of unbranched alkanes of at least 4 members (excludes halogenated alkanes) is 1. The van der Waals surface area contributed by atoms with E-state index in [0.29, 0.717) is 6.42 Å². The average molecular weight is 203 g/mol. The van der Waals surface area contributed by atoms with Gasteiger partial charge < -0.3 is 4.74 Å². The van der Waals surface area contributed by atoms with Crippen LogP contribution in [0.15, 0.2) is 30.3 Å². The lowest BCUT2D eigenvalue weighted by Gasteiger charge is -2.14. The highest BCUT2D eigenvalue weighted by atomic mass is 16.5. The molecule has 2 heteroatoms. The fourth-order valence-electron chi connectivity index (χ4n) is 1.39. The molecule has 1 unspecified atom stereocenters. The van der Waals surface area contributed by atoms with Gasteiger partial charge in [-0.25, -0.2) is 0 Å². The SMILES string of the molecule is CCCCOC(CC#N)c1ccccc1. The van der Waals surface area contributed by atoms with E-state index in [0.717, 1.165) is 25.0 Å². The second-order valence-electron chi connectivity index (χ2n) is 3.49. The molecule has 0 N–H and O–H groups in total. The molecule has 0 spiro atoms. The molecule has 1 aromatic carbocycles. The van der Waals surface area contributed by atoms with Crippen molar-refractivity contribution < 1.29 is 4.74 Å². The number of rotatable bonds is 6. The van der Waals surface area contributed by atoms with Gasteiger partial charge in [-0.05, 0) is 12.0 Å². The molecule has 0 aliphatic heterocycles. The lowest BCUT2D eigenvalue weighted by atomic mass is 10.1. The van der Waals surface area contributed by atoms with E-state index in [1.807, 2.05) is 30.3 Å². The Bertz CT molecular complexity index is 302. The van der Waals surface area contributed by atoms with E-state index in [9.17, 15) is 0 Å². The second kappa shape index (κ2) is 7.03. The van der Waals surface area contributed by atoms with Gasteiger partial charge in [-0.2, -0.15) is 5.26 Å². The van der Waals surface area contributed by atoms with Crippen LogP contribution in [0.1, 0.15) is 37.9 Å². The molecule has 2 nitrogen and oxygen atoms in total. The number of hydrogen-bond donors (Lipinski definition) is 0. The van der Waals surface area contributed by atoms with Crippen LogP contribution in [0.3, 0.4) is 0 Å². The minimum Gasteiger partial charge on any atom is -0.372 e. The van der Waals surface area contributed by atoms with Gasteiger partial charge >= 0.3 is 0 Å². The molecule has 0 radical (unpaired) electrons. The van der Waals surface area contributed by atoms with Gasteiger partial charge in [0.15, 0.2) is 0 Å². The van der Waals surface area contributed by atoms with E-state index in [4.69, 9.17) is 10.00 Å². The molecule has 1 rings (SSSR count). The van der Waals surface area contributed by atoms with Gasteiger partial charge in [-0.1, -0.05) is 43.7 Å². The van der Waals surface area contributed by atoms with Crippen molar-refractivity contribution in [3.8, 4) is 6.07 Å². The van der Waals surface area contributed by atoms with E-state index in [2.05, 4.69) is 13.0 Å². The van der Waals surface area contributed by atoms with Crippen molar-refractivity contribution in [2.24, 2.45) is 0 Å². The molecule has 1 aromatic rings. The summed E-state index contributed by atoms with van der Waals surface area (Å²) in [5, 5.41) is 8.72. The largest absolute Gasteiger partial charge is 0.372 e. The summed E-state index contributed by atoms with van der Waals surface area (Å²) in [7, 11) is 0. The lowest BCUT2D eigenvalue weighted by Crippen LogP contribution is -2.04. The Labute approximate surface area is 91.5 Å². The standard InChI is InChI=1S/C13H17NO/c1-2-3-11-15-13(9-10-14)12-7-5-4-6-8-12/h4-8,13H,2-3,9,11H2,1H3. The van der Waals surface area contributed by atoms with Crippen molar-refractivity contribution in [1.29, 1.82) is 5.26 Å². The van der Waals surface area contributed by atoms with Crippen LogP contribution in [0.5, 0.6) is 0 Å². The second-order valence-corrected chi connectivity index (χ2v) is 3.49. The summed E-state index contributed by atoms with van der Waals surface area (Å²) in [6.45, 7) is 2.86. The third-order valence-corrected chi connectivity index (χ3v) is 2.26. The molecule has 0 aliphatic rings. The smallest absolute Gasteiger partial charge is 0.0954 e. The zero-order chi connectivity index (χ0) is 10.9. The number of nitriles is 1. The molecule has 80 valence electrons. The minimum atomic E-state index is -0.0669. The van der Waals surface area contributed by atoms with Gasteiger partial charge in [0.2, 0.25) is 0 Å². The van der Waals surface area contributed by atoms with E-state index in [1.165, 1.54) is 0 Å². The molecule has 0 aromatic heterocycles. The predicted octanol–water partition coefficient (Wildman–Crippen LogP) is 3.46. The topological polar surface area (TPSA) is 33.0 Å². The number of ether oxygens (including phenoxy) is 1. The van der Waals surface area contributed by atoms with Crippen LogP contribution < -0.4 is 0 Å². The van der Waals surface area contributed by atoms with E-state index < -0.39 is 0 Å². The zero-order valence-electron chi connectivity index (χ0n) is 9.15. The highest BCUT2D eigenvalue weighted by Gasteiger charge is 2.10. The van der Waals surface area contributed by atoms with Crippen LogP contribution in [-0.4, -0.2) is 6.61 Å². The molecule has 0 heterocycles. The minimum absolute atomic E-state index is 0.0669. The molecule has 0 bridgehead atoms. The Morgan fingerprint density at radius 2 is 2.07 bits per heavy atom. The molecular formula is C13H17NO. The summed E-state index contributed by atoms with van der Waals surface area (Å²) in [5.74, 6) is 0. The van der Waals surface area contributed by atoms with Gasteiger partial charge in [0.25, 0.3) is 0 Å². The van der Waals surface area contributed by atoms with Gasteiger partial charge in [-0.15, -0.1) is 0 Å². The van der Waals surface area contributed by atoms with Gasteiger partial charge in [0.05, 0.1) is 18.6 Å². The fourth-order valence-corrected chi connectivity index (χ4v) is 1.39. The zero-order valence-corrected chi connectivity index (χ0v) is 9.15. The van der Waals surface area contributed by atoms with Gasteiger partial charge in [0, 0.05) is 6.61 Å². The quantitative estimate of drug-likeness (QED) is 0.663. The molecule has 0 fully saturated rings. The average Bonchev–Trinajstić information content (AvgIpc) is 2.29. The molecule has 0 amide bonds. The van der Waals surface area contributed by atoms with Crippen LogP contribution in [-0.2, 0) is 4.74 Å². The van der Waals surface area contributed by atoms with Crippen LogP contribution in [0, 0.1) is 11.3 Å². The molecule has 0 saturated carbocycles. The highest BCUT2D eigenvalue weighted by Crippen LogP contribution is 2.20. The van der Waals surface area contributed by atoms with Crippen molar-refractivity contribution in [2.75, 3.05) is 6.61 Å². The fraction of sp³-hybridized carbons (Fsp3) is 0.462. The van der Waals surface area contributed by atoms with Crippen LogP contribution in [0.4, 0.5) is 0 Å². The first-order valence-corrected chi connectivity index (χ1v) is 5.42. The van der Waals surface area contributed by atoms with Crippen molar-refractivity contribution in [2.45, 2.75) is 32.3 Å². The summed E-state index contributed by atoms with van der Waals surface area (Å²) in [6, 6.07) is 12.1. The third kappa shape index (κ3) is 4.14. The molecule has 1 atom stereocenters. The Kier molecular flexibility index (Phi) is 5.50. The first kappa shape index (κ1) is 11.7. The first-order chi connectivity index (χ1) is 7.38. The van der Waals surface area contributed by atoms with Crippen LogP contribution in [0.25, 0.3) is 0 Å².